The normalized spacial score (nSPS) is 14.6. The number of amides is 2. The number of hydrogen-bond donors (Lipinski definition) is 1. The summed E-state index contributed by atoms with van der Waals surface area (Å²) < 4.78 is 5.79. The van der Waals surface area contributed by atoms with Crippen LogP contribution in [0.25, 0.3) is 0 Å². The highest BCUT2D eigenvalue weighted by atomic mass is 16.5. The molecule has 0 unspecified atom stereocenters. The zero-order valence-corrected chi connectivity index (χ0v) is 16.7. The Balaban J connectivity index is 1.47. The molecule has 0 bridgehead atoms. The van der Waals surface area contributed by atoms with Gasteiger partial charge in [-0.05, 0) is 62.4 Å². The van der Waals surface area contributed by atoms with Crippen LogP contribution in [0.2, 0.25) is 0 Å². The number of hydrogen-bond acceptors (Lipinski definition) is 4. The Hall–Kier alpha value is -2.89. The smallest absolute Gasteiger partial charge is 0.258 e. The maximum absolute atomic E-state index is 12.5. The van der Waals surface area contributed by atoms with Crippen molar-refractivity contribution in [3.8, 4) is 5.75 Å². The molecule has 2 aromatic rings. The van der Waals surface area contributed by atoms with E-state index in [0.29, 0.717) is 18.7 Å². The summed E-state index contributed by atoms with van der Waals surface area (Å²) in [6.07, 6.45) is 4.71. The second kappa shape index (κ2) is 8.87. The van der Waals surface area contributed by atoms with Crippen molar-refractivity contribution in [2.45, 2.75) is 39.7 Å². The molecule has 1 aliphatic heterocycles. The van der Waals surface area contributed by atoms with Gasteiger partial charge in [0.2, 0.25) is 0 Å². The summed E-state index contributed by atoms with van der Waals surface area (Å²) in [5.74, 6) is 0.649. The third-order valence-electron chi connectivity index (χ3n) is 5.28. The van der Waals surface area contributed by atoms with E-state index in [2.05, 4.69) is 16.4 Å². The topological polar surface area (TPSA) is 71.5 Å². The molecule has 1 aliphatic rings. The molecule has 6 heteroatoms. The second-order valence-electron chi connectivity index (χ2n) is 7.32. The van der Waals surface area contributed by atoms with Gasteiger partial charge in [-0.15, -0.1) is 0 Å². The molecule has 2 heterocycles. The molecule has 28 heavy (non-hydrogen) atoms. The molecule has 1 aromatic heterocycles. The van der Waals surface area contributed by atoms with Crippen LogP contribution in [0.15, 0.2) is 36.7 Å². The van der Waals surface area contributed by atoms with Crippen molar-refractivity contribution in [1.82, 2.24) is 15.2 Å². The molecule has 2 amide bonds. The van der Waals surface area contributed by atoms with Gasteiger partial charge >= 0.3 is 0 Å². The second-order valence-corrected chi connectivity index (χ2v) is 7.32. The first-order valence-corrected chi connectivity index (χ1v) is 9.64. The van der Waals surface area contributed by atoms with Crippen LogP contribution in [-0.4, -0.2) is 47.4 Å². The number of ether oxygens (including phenoxy) is 1. The number of rotatable bonds is 5. The molecule has 0 spiro atoms. The molecule has 1 N–H and O–H groups in total. The van der Waals surface area contributed by atoms with Crippen LogP contribution in [0.1, 0.15) is 39.9 Å². The van der Waals surface area contributed by atoms with Gasteiger partial charge in [-0.3, -0.25) is 14.6 Å². The van der Waals surface area contributed by atoms with Crippen LogP contribution < -0.4 is 10.1 Å². The van der Waals surface area contributed by atoms with Gasteiger partial charge in [-0.1, -0.05) is 12.1 Å². The lowest BCUT2D eigenvalue weighted by Crippen LogP contribution is -2.47. The molecule has 1 aromatic carbocycles. The lowest BCUT2D eigenvalue weighted by atomic mass is 10.0. The van der Waals surface area contributed by atoms with E-state index < -0.39 is 0 Å². The number of carbonyl (C=O) groups excluding carboxylic acids is 2. The van der Waals surface area contributed by atoms with Crippen molar-refractivity contribution in [3.05, 3.63) is 58.9 Å². The Labute approximate surface area is 165 Å². The number of nitrogens with one attached hydrogen (secondary N) is 1. The molecule has 0 radical (unpaired) electrons. The number of piperidine rings is 1. The number of benzene rings is 1. The van der Waals surface area contributed by atoms with Crippen LogP contribution in [0.5, 0.6) is 5.75 Å². The molecule has 6 nitrogen and oxygen atoms in total. The molecule has 1 saturated heterocycles. The van der Waals surface area contributed by atoms with Crippen molar-refractivity contribution in [3.63, 3.8) is 0 Å². The van der Waals surface area contributed by atoms with Crippen LogP contribution in [-0.2, 0) is 4.79 Å². The summed E-state index contributed by atoms with van der Waals surface area (Å²) in [6.45, 7) is 7.26. The van der Waals surface area contributed by atoms with E-state index in [1.54, 1.807) is 24.5 Å². The average Bonchev–Trinajstić information content (AvgIpc) is 2.71. The quantitative estimate of drug-likeness (QED) is 0.865. The molecular weight excluding hydrogens is 354 g/mol. The lowest BCUT2D eigenvalue weighted by Gasteiger charge is -2.32. The molecule has 1 fully saturated rings. The number of pyridine rings is 1. The maximum atomic E-state index is 12.5. The fraction of sp³-hybridized carbons (Fsp3) is 0.409. The Morgan fingerprint density at radius 1 is 1.14 bits per heavy atom. The van der Waals surface area contributed by atoms with Crippen LogP contribution in [0, 0.1) is 20.8 Å². The Morgan fingerprint density at radius 2 is 1.86 bits per heavy atom. The third kappa shape index (κ3) is 4.68. The molecular formula is C22H27N3O3. The fourth-order valence-corrected chi connectivity index (χ4v) is 3.45. The Bertz CT molecular complexity index is 844. The minimum Gasteiger partial charge on any atom is -0.483 e. The Kier molecular flexibility index (Phi) is 6.29. The van der Waals surface area contributed by atoms with Gasteiger partial charge in [0, 0.05) is 31.5 Å². The van der Waals surface area contributed by atoms with E-state index in [4.69, 9.17) is 4.74 Å². The van der Waals surface area contributed by atoms with E-state index in [1.807, 2.05) is 31.7 Å². The van der Waals surface area contributed by atoms with Crippen molar-refractivity contribution in [2.24, 2.45) is 0 Å². The SMILES string of the molecule is Cc1ccc(C)c(OCC(=O)NC2CCN(C(=O)c3cccnc3)CC2)c1C. The molecule has 0 aliphatic carbocycles. The highest BCUT2D eigenvalue weighted by Crippen LogP contribution is 2.25. The summed E-state index contributed by atoms with van der Waals surface area (Å²) in [5, 5.41) is 3.03. The summed E-state index contributed by atoms with van der Waals surface area (Å²) >= 11 is 0. The van der Waals surface area contributed by atoms with E-state index in [-0.39, 0.29) is 24.5 Å². The molecule has 3 rings (SSSR count). The van der Waals surface area contributed by atoms with E-state index in [0.717, 1.165) is 35.3 Å². The number of nitrogens with zero attached hydrogens (tertiary/aromatic N) is 2. The first-order chi connectivity index (χ1) is 13.5. The van der Waals surface area contributed by atoms with Gasteiger partial charge in [0.15, 0.2) is 6.61 Å². The Morgan fingerprint density at radius 3 is 2.54 bits per heavy atom. The lowest BCUT2D eigenvalue weighted by molar-refractivity contribution is -0.124. The zero-order valence-electron chi connectivity index (χ0n) is 16.7. The number of aryl methyl sites for hydroxylation is 2. The number of likely N-dealkylation sites (tertiary alicyclic amines) is 1. The van der Waals surface area contributed by atoms with Crippen LogP contribution >= 0.6 is 0 Å². The zero-order chi connectivity index (χ0) is 20.1. The van der Waals surface area contributed by atoms with Crippen LogP contribution in [0.4, 0.5) is 0 Å². The minimum atomic E-state index is -0.127. The summed E-state index contributed by atoms with van der Waals surface area (Å²) in [5.41, 5.74) is 3.84. The van der Waals surface area contributed by atoms with Crippen molar-refractivity contribution in [1.29, 1.82) is 0 Å². The average molecular weight is 381 g/mol. The van der Waals surface area contributed by atoms with Crippen LogP contribution in [0.3, 0.4) is 0 Å². The van der Waals surface area contributed by atoms with Crippen molar-refractivity contribution >= 4 is 11.8 Å². The van der Waals surface area contributed by atoms with Gasteiger partial charge < -0.3 is 15.0 Å². The maximum Gasteiger partial charge on any atom is 0.258 e. The highest BCUT2D eigenvalue weighted by Gasteiger charge is 2.24. The number of aromatic nitrogens is 1. The summed E-state index contributed by atoms with van der Waals surface area (Å²) in [6, 6.07) is 7.66. The summed E-state index contributed by atoms with van der Waals surface area (Å²) in [7, 11) is 0. The molecule has 148 valence electrons. The standard InChI is InChI=1S/C22H27N3O3/c1-15-6-7-16(2)21(17(15)3)28-14-20(26)24-19-8-11-25(12-9-19)22(27)18-5-4-10-23-13-18/h4-7,10,13,19H,8-9,11-12,14H2,1-3H3,(H,24,26). The first-order valence-electron chi connectivity index (χ1n) is 9.64. The fourth-order valence-electron chi connectivity index (χ4n) is 3.45. The highest BCUT2D eigenvalue weighted by molar-refractivity contribution is 5.93. The van der Waals surface area contributed by atoms with Gasteiger partial charge in [-0.2, -0.15) is 0 Å². The molecule has 0 saturated carbocycles. The monoisotopic (exact) mass is 381 g/mol. The van der Waals surface area contributed by atoms with Crippen molar-refractivity contribution < 1.29 is 14.3 Å². The van der Waals surface area contributed by atoms with E-state index in [1.165, 1.54) is 0 Å². The third-order valence-corrected chi connectivity index (χ3v) is 5.28. The van der Waals surface area contributed by atoms with E-state index >= 15 is 0 Å². The number of carbonyl (C=O) groups is 2. The van der Waals surface area contributed by atoms with Crippen molar-refractivity contribution in [2.75, 3.05) is 19.7 Å². The van der Waals surface area contributed by atoms with Gasteiger partial charge in [0.05, 0.1) is 5.56 Å². The molecule has 0 atom stereocenters. The summed E-state index contributed by atoms with van der Waals surface area (Å²) in [4.78, 5) is 30.6. The van der Waals surface area contributed by atoms with Gasteiger partial charge in [0.25, 0.3) is 11.8 Å². The predicted octanol–water partition coefficient (Wildman–Crippen LogP) is 2.81. The van der Waals surface area contributed by atoms with E-state index in [9.17, 15) is 9.59 Å². The van der Waals surface area contributed by atoms with Gasteiger partial charge in [0.1, 0.15) is 5.75 Å². The minimum absolute atomic E-state index is 0.0000368. The van der Waals surface area contributed by atoms with Gasteiger partial charge in [-0.25, -0.2) is 0 Å². The predicted molar refractivity (Wildman–Crippen MR) is 107 cm³/mol. The largest absolute Gasteiger partial charge is 0.483 e. The first kappa shape index (κ1) is 19.9.